The Labute approximate surface area is 128 Å². The maximum absolute atomic E-state index is 12.6. The molecule has 22 heavy (non-hydrogen) atoms. The first-order chi connectivity index (χ1) is 10.7. The van der Waals surface area contributed by atoms with Crippen molar-refractivity contribution >= 4 is 11.8 Å². The molecule has 1 saturated heterocycles. The average Bonchev–Trinajstić information content (AvgIpc) is 3.19. The molecule has 1 aromatic carbocycles. The van der Waals surface area contributed by atoms with E-state index in [-0.39, 0.29) is 18.6 Å². The van der Waals surface area contributed by atoms with Crippen LogP contribution >= 0.6 is 0 Å². The number of hydroxylamine groups is 1. The lowest BCUT2D eigenvalue weighted by atomic mass is 10.1. The van der Waals surface area contributed by atoms with E-state index in [0.29, 0.717) is 36.6 Å². The summed E-state index contributed by atoms with van der Waals surface area (Å²) in [7, 11) is 0. The van der Waals surface area contributed by atoms with Crippen molar-refractivity contribution in [1.82, 2.24) is 10.4 Å². The Morgan fingerprint density at radius 3 is 3.00 bits per heavy atom. The maximum Gasteiger partial charge on any atom is 0.266 e. The number of hydrogen-bond acceptors (Lipinski definition) is 5. The Morgan fingerprint density at radius 1 is 1.36 bits per heavy atom. The number of carbonyl (C=O) groups excluding carboxylic acids is 2. The number of fused-ring (bicyclic) bond motifs is 1. The van der Waals surface area contributed by atoms with Gasteiger partial charge < -0.3 is 14.4 Å². The number of amides is 2. The SMILES string of the molecule is CCONC(=O)[C@@H]1CCCN1C(=O)c1ccc2c(c1)OCO2. The number of likely N-dealkylation sites (tertiary alicyclic amines) is 1. The summed E-state index contributed by atoms with van der Waals surface area (Å²) in [6.45, 7) is 2.88. The molecular weight excluding hydrogens is 288 g/mol. The monoisotopic (exact) mass is 306 g/mol. The maximum atomic E-state index is 12.6. The molecule has 0 bridgehead atoms. The van der Waals surface area contributed by atoms with Crippen LogP contribution in [0.1, 0.15) is 30.1 Å². The van der Waals surface area contributed by atoms with E-state index in [1.54, 1.807) is 30.0 Å². The molecule has 0 aromatic heterocycles. The minimum Gasteiger partial charge on any atom is -0.454 e. The van der Waals surface area contributed by atoms with Crippen LogP contribution in [0.5, 0.6) is 11.5 Å². The van der Waals surface area contributed by atoms with Crippen molar-refractivity contribution in [3.63, 3.8) is 0 Å². The van der Waals surface area contributed by atoms with Crippen molar-refractivity contribution in [2.24, 2.45) is 0 Å². The standard InChI is InChI=1S/C15H18N2O5/c1-2-22-16-14(18)11-4-3-7-17(11)15(19)10-5-6-12-13(8-10)21-9-20-12/h5-6,8,11H,2-4,7,9H2,1H3,(H,16,18)/t11-/m0/s1. The second-order valence-electron chi connectivity index (χ2n) is 5.12. The molecule has 2 aliphatic rings. The lowest BCUT2D eigenvalue weighted by molar-refractivity contribution is -0.137. The quantitative estimate of drug-likeness (QED) is 0.843. The van der Waals surface area contributed by atoms with E-state index < -0.39 is 6.04 Å². The van der Waals surface area contributed by atoms with Gasteiger partial charge in [0.15, 0.2) is 11.5 Å². The number of carbonyl (C=O) groups is 2. The molecular formula is C15H18N2O5. The molecule has 2 heterocycles. The zero-order valence-corrected chi connectivity index (χ0v) is 12.3. The van der Waals surface area contributed by atoms with Gasteiger partial charge in [-0.25, -0.2) is 5.48 Å². The third kappa shape index (κ3) is 2.71. The fourth-order valence-electron chi connectivity index (χ4n) is 2.69. The van der Waals surface area contributed by atoms with Crippen LogP contribution in [0.2, 0.25) is 0 Å². The van der Waals surface area contributed by atoms with Gasteiger partial charge >= 0.3 is 0 Å². The third-order valence-corrected chi connectivity index (χ3v) is 3.75. The fraction of sp³-hybridized carbons (Fsp3) is 0.467. The summed E-state index contributed by atoms with van der Waals surface area (Å²) < 4.78 is 10.5. The van der Waals surface area contributed by atoms with Crippen molar-refractivity contribution < 1.29 is 23.9 Å². The molecule has 0 spiro atoms. The van der Waals surface area contributed by atoms with Gasteiger partial charge in [0.05, 0.1) is 6.61 Å². The molecule has 7 heteroatoms. The van der Waals surface area contributed by atoms with Crippen LogP contribution in [0.3, 0.4) is 0 Å². The van der Waals surface area contributed by atoms with Gasteiger partial charge in [-0.3, -0.25) is 14.4 Å². The largest absolute Gasteiger partial charge is 0.454 e. The van der Waals surface area contributed by atoms with E-state index in [9.17, 15) is 9.59 Å². The second kappa shape index (κ2) is 6.23. The van der Waals surface area contributed by atoms with Gasteiger partial charge in [-0.1, -0.05) is 0 Å². The molecule has 1 atom stereocenters. The van der Waals surface area contributed by atoms with Crippen molar-refractivity contribution in [3.05, 3.63) is 23.8 Å². The van der Waals surface area contributed by atoms with Crippen LogP contribution in [0.25, 0.3) is 0 Å². The first-order valence-corrected chi connectivity index (χ1v) is 7.33. The Bertz CT molecular complexity index is 589. The number of hydrogen-bond donors (Lipinski definition) is 1. The summed E-state index contributed by atoms with van der Waals surface area (Å²) in [5.41, 5.74) is 2.86. The number of nitrogens with zero attached hydrogens (tertiary/aromatic N) is 1. The number of nitrogens with one attached hydrogen (secondary N) is 1. The zero-order valence-electron chi connectivity index (χ0n) is 12.3. The lowest BCUT2D eigenvalue weighted by Gasteiger charge is -2.23. The minimum absolute atomic E-state index is 0.163. The Kier molecular flexibility index (Phi) is 4.15. The predicted molar refractivity (Wildman–Crippen MR) is 76.4 cm³/mol. The number of ether oxygens (including phenoxy) is 2. The van der Waals surface area contributed by atoms with E-state index in [1.165, 1.54) is 0 Å². The topological polar surface area (TPSA) is 77.1 Å². The van der Waals surface area contributed by atoms with Gasteiger partial charge in [0.1, 0.15) is 6.04 Å². The van der Waals surface area contributed by atoms with Crippen LogP contribution in [0.4, 0.5) is 0 Å². The van der Waals surface area contributed by atoms with Gasteiger partial charge in [-0.05, 0) is 38.0 Å². The van der Waals surface area contributed by atoms with Crippen LogP contribution in [-0.4, -0.2) is 42.7 Å². The highest BCUT2D eigenvalue weighted by atomic mass is 16.7. The Morgan fingerprint density at radius 2 is 2.18 bits per heavy atom. The summed E-state index contributed by atoms with van der Waals surface area (Å²) in [5.74, 6) is 0.713. The van der Waals surface area contributed by atoms with Gasteiger partial charge in [-0.15, -0.1) is 0 Å². The van der Waals surface area contributed by atoms with Crippen LogP contribution < -0.4 is 15.0 Å². The summed E-state index contributed by atoms with van der Waals surface area (Å²) >= 11 is 0. The van der Waals surface area contributed by atoms with E-state index in [2.05, 4.69) is 5.48 Å². The Hall–Kier alpha value is -2.28. The zero-order chi connectivity index (χ0) is 15.5. The first-order valence-electron chi connectivity index (χ1n) is 7.33. The molecule has 0 unspecified atom stereocenters. The molecule has 2 amide bonds. The summed E-state index contributed by atoms with van der Waals surface area (Å²) in [5, 5.41) is 0. The van der Waals surface area contributed by atoms with Gasteiger partial charge in [0, 0.05) is 12.1 Å². The summed E-state index contributed by atoms with van der Waals surface area (Å²) in [6.07, 6.45) is 1.43. The molecule has 0 saturated carbocycles. The van der Waals surface area contributed by atoms with E-state index in [1.807, 2.05) is 0 Å². The smallest absolute Gasteiger partial charge is 0.266 e. The van der Waals surface area contributed by atoms with Gasteiger partial charge in [0.25, 0.3) is 11.8 Å². The summed E-state index contributed by atoms with van der Waals surface area (Å²) in [4.78, 5) is 31.2. The van der Waals surface area contributed by atoms with Crippen molar-refractivity contribution in [1.29, 1.82) is 0 Å². The highest BCUT2D eigenvalue weighted by Gasteiger charge is 2.35. The van der Waals surface area contributed by atoms with Gasteiger partial charge in [-0.2, -0.15) is 0 Å². The third-order valence-electron chi connectivity index (χ3n) is 3.75. The van der Waals surface area contributed by atoms with E-state index in [4.69, 9.17) is 14.3 Å². The van der Waals surface area contributed by atoms with Crippen LogP contribution in [-0.2, 0) is 9.63 Å². The van der Waals surface area contributed by atoms with Crippen molar-refractivity contribution in [2.45, 2.75) is 25.8 Å². The molecule has 7 nitrogen and oxygen atoms in total. The normalized spacial score (nSPS) is 19.3. The van der Waals surface area contributed by atoms with Crippen molar-refractivity contribution in [3.8, 4) is 11.5 Å². The molecule has 0 radical (unpaired) electrons. The molecule has 1 N–H and O–H groups in total. The summed E-state index contributed by atoms with van der Waals surface area (Å²) in [6, 6.07) is 4.55. The molecule has 118 valence electrons. The van der Waals surface area contributed by atoms with E-state index >= 15 is 0 Å². The number of benzene rings is 1. The molecule has 2 aliphatic heterocycles. The van der Waals surface area contributed by atoms with Crippen LogP contribution in [0, 0.1) is 0 Å². The number of rotatable bonds is 4. The Balaban J connectivity index is 1.74. The van der Waals surface area contributed by atoms with E-state index in [0.717, 1.165) is 6.42 Å². The first kappa shape index (κ1) is 14.6. The van der Waals surface area contributed by atoms with Gasteiger partial charge in [0.2, 0.25) is 6.79 Å². The highest BCUT2D eigenvalue weighted by Crippen LogP contribution is 2.33. The minimum atomic E-state index is -0.496. The lowest BCUT2D eigenvalue weighted by Crippen LogP contribution is -2.45. The predicted octanol–water partition coefficient (Wildman–Crippen LogP) is 1.09. The average molecular weight is 306 g/mol. The molecule has 1 fully saturated rings. The van der Waals surface area contributed by atoms with Crippen molar-refractivity contribution in [2.75, 3.05) is 19.9 Å². The highest BCUT2D eigenvalue weighted by molar-refractivity contribution is 5.98. The van der Waals surface area contributed by atoms with Crippen LogP contribution in [0.15, 0.2) is 18.2 Å². The molecule has 1 aromatic rings. The fourth-order valence-corrected chi connectivity index (χ4v) is 2.69. The molecule has 0 aliphatic carbocycles. The second-order valence-corrected chi connectivity index (χ2v) is 5.12. The molecule has 3 rings (SSSR count).